The van der Waals surface area contributed by atoms with E-state index in [-0.39, 0.29) is 22.9 Å². The number of aromatic nitrogens is 2. The minimum atomic E-state index is -4.64. The Kier molecular flexibility index (Phi) is 11.2. The summed E-state index contributed by atoms with van der Waals surface area (Å²) in [6.07, 6.45) is -0.0857. The maximum absolute atomic E-state index is 14.3. The molecule has 0 radical (unpaired) electrons. The second kappa shape index (κ2) is 15.7. The number of fused-ring (bicyclic) bond motifs is 1. The summed E-state index contributed by atoms with van der Waals surface area (Å²) in [6.45, 7) is 7.44. The molecule has 50 heavy (non-hydrogen) atoms. The predicted molar refractivity (Wildman–Crippen MR) is 188 cm³/mol. The summed E-state index contributed by atoms with van der Waals surface area (Å²) in [5.41, 5.74) is 8.55. The summed E-state index contributed by atoms with van der Waals surface area (Å²) in [7, 11) is 0. The van der Waals surface area contributed by atoms with Crippen LogP contribution in [0.1, 0.15) is 46.4 Å². The van der Waals surface area contributed by atoms with Crippen LogP contribution in [0.25, 0.3) is 22.0 Å². The molecule has 2 aromatic carbocycles. The predicted octanol–water partition coefficient (Wildman–Crippen LogP) is 5.46. The van der Waals surface area contributed by atoms with Crippen molar-refractivity contribution in [3.05, 3.63) is 87.5 Å². The number of nitrogens with zero attached hydrogens (tertiary/aromatic N) is 3. The molecule has 6 rings (SSSR count). The van der Waals surface area contributed by atoms with Crippen molar-refractivity contribution in [2.75, 3.05) is 63.2 Å². The second-order valence-corrected chi connectivity index (χ2v) is 12.9. The van der Waals surface area contributed by atoms with Crippen LogP contribution in [0.2, 0.25) is 0 Å². The van der Waals surface area contributed by atoms with Gasteiger partial charge in [0, 0.05) is 85.2 Å². The number of anilines is 2. The Balaban J connectivity index is 1.32. The molecule has 0 atom stereocenters. The average Bonchev–Trinajstić information content (AvgIpc) is 3.11. The summed E-state index contributed by atoms with van der Waals surface area (Å²) < 4.78 is 54.3. The minimum Gasteiger partial charge on any atom is -0.382 e. The average molecular weight is 693 g/mol. The molecule has 0 spiro atoms. The molecule has 13 heteroatoms. The van der Waals surface area contributed by atoms with Crippen molar-refractivity contribution in [3.63, 3.8) is 0 Å². The summed E-state index contributed by atoms with van der Waals surface area (Å²) in [5.74, 6) is -0.698. The van der Waals surface area contributed by atoms with Crippen LogP contribution in [-0.4, -0.2) is 79.0 Å². The highest BCUT2D eigenvalue weighted by atomic mass is 19.4. The van der Waals surface area contributed by atoms with Gasteiger partial charge in [0.1, 0.15) is 0 Å². The first-order valence-corrected chi connectivity index (χ1v) is 17.1. The molecule has 2 aromatic heterocycles. The van der Waals surface area contributed by atoms with Crippen LogP contribution < -0.4 is 21.9 Å². The molecule has 4 heterocycles. The van der Waals surface area contributed by atoms with E-state index in [1.807, 2.05) is 19.1 Å². The molecule has 2 fully saturated rings. The lowest BCUT2D eigenvalue weighted by Crippen LogP contribution is -2.39. The van der Waals surface area contributed by atoms with E-state index in [4.69, 9.17) is 15.2 Å². The molecular weight excluding hydrogens is 649 g/mol. The highest BCUT2D eigenvalue weighted by molar-refractivity contribution is 6.05. The zero-order valence-corrected chi connectivity index (χ0v) is 28.2. The van der Waals surface area contributed by atoms with Crippen molar-refractivity contribution in [2.24, 2.45) is 5.73 Å². The van der Waals surface area contributed by atoms with Crippen LogP contribution in [0.4, 0.5) is 24.5 Å². The van der Waals surface area contributed by atoms with Gasteiger partial charge in [-0.15, -0.1) is 0 Å². The number of amides is 1. The normalized spacial score (nSPS) is 16.1. The molecule has 0 bridgehead atoms. The van der Waals surface area contributed by atoms with Crippen LogP contribution in [0.5, 0.6) is 0 Å². The van der Waals surface area contributed by atoms with E-state index in [0.717, 1.165) is 53.8 Å². The lowest BCUT2D eigenvalue weighted by molar-refractivity contribution is -0.137. The number of ether oxygens (including phenoxy) is 2. The van der Waals surface area contributed by atoms with Crippen LogP contribution in [0.3, 0.4) is 0 Å². The van der Waals surface area contributed by atoms with Gasteiger partial charge in [0.15, 0.2) is 0 Å². The number of morpholine rings is 1. The first-order valence-electron chi connectivity index (χ1n) is 17.1. The number of hydrogen-bond donors (Lipinski definition) is 3. The lowest BCUT2D eigenvalue weighted by atomic mass is 9.99. The third kappa shape index (κ3) is 8.52. The van der Waals surface area contributed by atoms with Crippen molar-refractivity contribution >= 4 is 28.2 Å². The number of aryl methyl sites for hydroxylation is 2. The van der Waals surface area contributed by atoms with E-state index < -0.39 is 17.6 Å². The van der Waals surface area contributed by atoms with Gasteiger partial charge < -0.3 is 30.4 Å². The largest absolute Gasteiger partial charge is 0.416 e. The molecule has 2 saturated heterocycles. The van der Waals surface area contributed by atoms with Gasteiger partial charge in [-0.2, -0.15) is 13.2 Å². The first-order chi connectivity index (χ1) is 24.1. The Bertz CT molecular complexity index is 1880. The third-order valence-corrected chi connectivity index (χ3v) is 9.32. The zero-order valence-electron chi connectivity index (χ0n) is 28.2. The lowest BCUT2D eigenvalue weighted by Gasteiger charge is -2.27. The number of hydrogen-bond acceptors (Lipinski definition) is 8. The zero-order chi connectivity index (χ0) is 35.3. The van der Waals surface area contributed by atoms with Crippen LogP contribution in [0, 0.1) is 6.92 Å². The summed E-state index contributed by atoms with van der Waals surface area (Å²) in [4.78, 5) is 34.7. The number of carbonyl (C=O) groups is 1. The molecule has 0 saturated carbocycles. The highest BCUT2D eigenvalue weighted by Crippen LogP contribution is 2.33. The maximum atomic E-state index is 14.3. The summed E-state index contributed by atoms with van der Waals surface area (Å²) >= 11 is 0. The van der Waals surface area contributed by atoms with Gasteiger partial charge in [0.2, 0.25) is 0 Å². The fourth-order valence-corrected chi connectivity index (χ4v) is 6.49. The highest BCUT2D eigenvalue weighted by Gasteiger charge is 2.32. The van der Waals surface area contributed by atoms with Crippen LogP contribution in [0.15, 0.2) is 59.5 Å². The van der Waals surface area contributed by atoms with Crippen LogP contribution >= 0.6 is 0 Å². The number of nitrogens with two attached hydrogens (primary N) is 1. The number of benzene rings is 2. The van der Waals surface area contributed by atoms with E-state index in [2.05, 4.69) is 20.5 Å². The Morgan fingerprint density at radius 3 is 2.46 bits per heavy atom. The van der Waals surface area contributed by atoms with E-state index in [9.17, 15) is 22.8 Å². The van der Waals surface area contributed by atoms with Gasteiger partial charge >= 0.3 is 6.18 Å². The smallest absolute Gasteiger partial charge is 0.382 e. The number of pyridine rings is 2. The third-order valence-electron chi connectivity index (χ3n) is 9.32. The van der Waals surface area contributed by atoms with E-state index in [1.54, 1.807) is 29.0 Å². The molecular formula is C37H43F3N6O4. The van der Waals surface area contributed by atoms with Gasteiger partial charge in [0.05, 0.1) is 24.3 Å². The molecule has 10 nitrogen and oxygen atoms in total. The minimum absolute atomic E-state index is 0.0598. The van der Waals surface area contributed by atoms with Gasteiger partial charge in [0.25, 0.3) is 11.5 Å². The topological polar surface area (TPSA) is 124 Å². The fourth-order valence-electron chi connectivity index (χ4n) is 6.49. The monoisotopic (exact) mass is 692 g/mol. The molecule has 2 aliphatic rings. The quantitative estimate of drug-likeness (QED) is 0.190. The Morgan fingerprint density at radius 2 is 1.72 bits per heavy atom. The summed E-state index contributed by atoms with van der Waals surface area (Å²) in [6, 6.07) is 12.2. The molecule has 1 amide bonds. The molecule has 4 N–H and O–H groups in total. The van der Waals surface area contributed by atoms with E-state index in [1.165, 1.54) is 6.07 Å². The number of rotatable bonds is 11. The first kappa shape index (κ1) is 35.5. The number of nitrogens with one attached hydrogen (secondary N) is 2. The van der Waals surface area contributed by atoms with Gasteiger partial charge in [-0.05, 0) is 92.7 Å². The number of halogens is 3. The van der Waals surface area contributed by atoms with Crippen molar-refractivity contribution in [1.29, 1.82) is 0 Å². The standard InChI is InChI=1S/C37H43F3N6O4/c1-24-4-5-30(44-35(47)25-17-27(37(38,39)40)20-31(18-25)43-28-6-13-49-14-7-28)21-32(24)33-19-26-23-42-29(3-2-8-41)22-34(26)46(36(33)48)10-9-45-11-15-50-16-12-45/h4-5,17-23,28,43H,2-3,6-16,41H2,1H3,(H,44,47). The van der Waals surface area contributed by atoms with Crippen molar-refractivity contribution in [3.8, 4) is 11.1 Å². The summed E-state index contributed by atoms with van der Waals surface area (Å²) in [5, 5.41) is 6.70. The Hall–Kier alpha value is -4.30. The molecule has 4 aromatic rings. The van der Waals surface area contributed by atoms with Crippen molar-refractivity contribution < 1.29 is 27.4 Å². The fraction of sp³-hybridized carbons (Fsp3) is 0.432. The van der Waals surface area contributed by atoms with Gasteiger partial charge in [-0.1, -0.05) is 6.07 Å². The number of alkyl halides is 3. The molecule has 0 aliphatic carbocycles. The molecule has 2 aliphatic heterocycles. The van der Waals surface area contributed by atoms with Gasteiger partial charge in [-0.25, -0.2) is 0 Å². The Labute approximate surface area is 288 Å². The maximum Gasteiger partial charge on any atom is 0.416 e. The van der Waals surface area contributed by atoms with Gasteiger partial charge in [-0.3, -0.25) is 19.5 Å². The molecule has 0 unspecified atom stereocenters. The van der Waals surface area contributed by atoms with E-state index in [0.29, 0.717) is 82.1 Å². The second-order valence-electron chi connectivity index (χ2n) is 12.9. The van der Waals surface area contributed by atoms with Crippen molar-refractivity contribution in [1.82, 2.24) is 14.5 Å². The Morgan fingerprint density at radius 1 is 0.960 bits per heavy atom. The number of carbonyl (C=O) groups excluding carboxylic acids is 1. The van der Waals surface area contributed by atoms with Crippen LogP contribution in [-0.2, 0) is 28.6 Å². The van der Waals surface area contributed by atoms with E-state index >= 15 is 0 Å². The molecule has 266 valence electrons. The van der Waals surface area contributed by atoms with Crippen molar-refractivity contribution in [2.45, 2.75) is 51.4 Å². The SMILES string of the molecule is Cc1ccc(NC(=O)c2cc(NC3CCOCC3)cc(C(F)(F)F)c2)cc1-c1cc2cnc(CCCN)cc2n(CCN2CCOCC2)c1=O.